The molecule has 8 nitrogen and oxygen atoms in total. The van der Waals surface area contributed by atoms with Gasteiger partial charge >= 0.3 is 0 Å². The number of hydrogen-bond acceptors (Lipinski definition) is 10. The highest BCUT2D eigenvalue weighted by atomic mass is 32.2. The van der Waals surface area contributed by atoms with Crippen LogP contribution in [-0.2, 0) is 22.0 Å². The molecule has 0 bridgehead atoms. The van der Waals surface area contributed by atoms with Gasteiger partial charge in [0.05, 0.1) is 22.1 Å². The van der Waals surface area contributed by atoms with Crippen molar-refractivity contribution < 1.29 is 17.4 Å². The molecule has 0 unspecified atom stereocenters. The van der Waals surface area contributed by atoms with Crippen molar-refractivity contribution in [2.75, 3.05) is 11.5 Å². The van der Waals surface area contributed by atoms with Crippen LogP contribution in [0.5, 0.6) is 0 Å². The van der Waals surface area contributed by atoms with Crippen LogP contribution in [0.3, 0.4) is 0 Å². The molecule has 3 aromatic rings. The summed E-state index contributed by atoms with van der Waals surface area (Å²) >= 11 is 2.86. The van der Waals surface area contributed by atoms with Crippen molar-refractivity contribution in [3.8, 4) is 10.7 Å². The minimum Gasteiger partial charge on any atom is -0.416 e. The van der Waals surface area contributed by atoms with E-state index in [1.807, 2.05) is 17.5 Å². The molecule has 0 aromatic carbocycles. The van der Waals surface area contributed by atoms with Crippen molar-refractivity contribution in [3.05, 3.63) is 29.3 Å². The Labute approximate surface area is 152 Å². The van der Waals surface area contributed by atoms with Crippen LogP contribution in [0, 0.1) is 5.92 Å². The van der Waals surface area contributed by atoms with Crippen LogP contribution < -0.4 is 0 Å². The van der Waals surface area contributed by atoms with Crippen LogP contribution in [0.15, 0.2) is 31.7 Å². The predicted octanol–water partition coefficient (Wildman–Crippen LogP) is 2.45. The smallest absolute Gasteiger partial charge is 0.277 e. The van der Waals surface area contributed by atoms with Crippen LogP contribution in [0.1, 0.15) is 18.2 Å². The molecular formula is C14H14N4O4S3. The number of sulfone groups is 1. The van der Waals surface area contributed by atoms with E-state index >= 15 is 0 Å². The molecule has 0 spiro atoms. The molecule has 0 aliphatic carbocycles. The molecule has 1 saturated heterocycles. The highest BCUT2D eigenvalue weighted by molar-refractivity contribution is 7.98. The van der Waals surface area contributed by atoms with Crippen LogP contribution in [0.4, 0.5) is 0 Å². The second kappa shape index (κ2) is 6.89. The summed E-state index contributed by atoms with van der Waals surface area (Å²) < 4.78 is 33.8. The Kier molecular flexibility index (Phi) is 4.61. The SMILES string of the molecule is O=S1(=O)CC[C@H](Cc2nnc(SCc3nc(-c4cccs4)no3)o2)C1. The Morgan fingerprint density at radius 2 is 2.24 bits per heavy atom. The molecule has 0 radical (unpaired) electrons. The summed E-state index contributed by atoms with van der Waals surface area (Å²) in [6.07, 6.45) is 1.15. The summed E-state index contributed by atoms with van der Waals surface area (Å²) in [4.78, 5) is 5.28. The van der Waals surface area contributed by atoms with E-state index in [9.17, 15) is 8.42 Å². The zero-order valence-electron chi connectivity index (χ0n) is 13.0. The van der Waals surface area contributed by atoms with E-state index in [1.165, 1.54) is 11.8 Å². The molecule has 0 saturated carbocycles. The third-order valence-electron chi connectivity index (χ3n) is 3.77. The van der Waals surface area contributed by atoms with Crippen LogP contribution in [0.2, 0.25) is 0 Å². The second-order valence-corrected chi connectivity index (χ2v) is 9.82. The number of nitrogens with zero attached hydrogens (tertiary/aromatic N) is 4. The predicted molar refractivity (Wildman–Crippen MR) is 91.9 cm³/mol. The van der Waals surface area contributed by atoms with E-state index in [4.69, 9.17) is 8.94 Å². The quantitative estimate of drug-likeness (QED) is 0.578. The van der Waals surface area contributed by atoms with Gasteiger partial charge in [0.15, 0.2) is 9.84 Å². The Morgan fingerprint density at radius 3 is 3.00 bits per heavy atom. The minimum absolute atomic E-state index is 0.0626. The molecule has 0 N–H and O–H groups in total. The molecule has 4 rings (SSSR count). The van der Waals surface area contributed by atoms with Crippen molar-refractivity contribution in [1.29, 1.82) is 0 Å². The Morgan fingerprint density at radius 1 is 1.32 bits per heavy atom. The van der Waals surface area contributed by atoms with Gasteiger partial charge in [-0.1, -0.05) is 23.0 Å². The van der Waals surface area contributed by atoms with Crippen molar-refractivity contribution in [3.63, 3.8) is 0 Å². The second-order valence-electron chi connectivity index (χ2n) is 5.71. The fourth-order valence-electron chi connectivity index (χ4n) is 2.60. The molecule has 1 aliphatic heterocycles. The molecule has 1 aliphatic rings. The zero-order chi connectivity index (χ0) is 17.3. The van der Waals surface area contributed by atoms with Gasteiger partial charge in [-0.2, -0.15) is 4.98 Å². The number of rotatable bonds is 6. The highest BCUT2D eigenvalue weighted by Crippen LogP contribution is 2.26. The largest absolute Gasteiger partial charge is 0.416 e. The van der Waals surface area contributed by atoms with E-state index in [-0.39, 0.29) is 17.4 Å². The van der Waals surface area contributed by atoms with E-state index in [1.54, 1.807) is 11.3 Å². The van der Waals surface area contributed by atoms with Gasteiger partial charge in [-0.3, -0.25) is 0 Å². The standard InChI is InChI=1S/C14H14N4O4S3/c19-25(20)5-3-9(8-25)6-11-16-17-14(21-11)24-7-12-15-13(18-22-12)10-2-1-4-23-10/h1-2,4,9H,3,5-8H2/t9-/m1/s1. The average molecular weight is 398 g/mol. The molecule has 1 atom stereocenters. The highest BCUT2D eigenvalue weighted by Gasteiger charge is 2.29. The summed E-state index contributed by atoms with van der Waals surface area (Å²) in [7, 11) is -2.89. The monoisotopic (exact) mass is 398 g/mol. The normalized spacial score (nSPS) is 19.4. The summed E-state index contributed by atoms with van der Waals surface area (Å²) in [5, 5.41) is 14.3. The molecular weight excluding hydrogens is 384 g/mol. The van der Waals surface area contributed by atoms with E-state index in [2.05, 4.69) is 20.3 Å². The number of thioether (sulfide) groups is 1. The van der Waals surface area contributed by atoms with E-state index in [0.29, 0.717) is 41.4 Å². The van der Waals surface area contributed by atoms with Gasteiger partial charge in [0.1, 0.15) is 0 Å². The maximum atomic E-state index is 11.5. The molecule has 11 heteroatoms. The Hall–Kier alpha value is -1.72. The number of hydrogen-bond donors (Lipinski definition) is 0. The topological polar surface area (TPSA) is 112 Å². The zero-order valence-corrected chi connectivity index (χ0v) is 15.4. The Bertz CT molecular complexity index is 949. The third kappa shape index (κ3) is 4.10. The molecule has 25 heavy (non-hydrogen) atoms. The van der Waals surface area contributed by atoms with Gasteiger partial charge in [-0.05, 0) is 23.8 Å². The number of thiophene rings is 1. The van der Waals surface area contributed by atoms with Crippen LogP contribution in [0.25, 0.3) is 10.7 Å². The van der Waals surface area contributed by atoms with Crippen molar-refractivity contribution in [2.24, 2.45) is 5.92 Å². The van der Waals surface area contributed by atoms with Crippen molar-refractivity contribution >= 4 is 32.9 Å². The van der Waals surface area contributed by atoms with E-state index < -0.39 is 9.84 Å². The van der Waals surface area contributed by atoms with Crippen molar-refractivity contribution in [2.45, 2.75) is 23.8 Å². The van der Waals surface area contributed by atoms with Gasteiger partial charge in [-0.15, -0.1) is 21.5 Å². The summed E-state index contributed by atoms with van der Waals surface area (Å²) in [5.74, 6) is 2.46. The lowest BCUT2D eigenvalue weighted by Gasteiger charge is -2.01. The van der Waals surface area contributed by atoms with Crippen LogP contribution in [-0.4, -0.2) is 40.3 Å². The van der Waals surface area contributed by atoms with Gasteiger partial charge in [0, 0.05) is 6.42 Å². The fraction of sp³-hybridized carbons (Fsp3) is 0.429. The number of aromatic nitrogens is 4. The molecule has 1 fully saturated rings. The summed E-state index contributed by atoms with van der Waals surface area (Å²) in [5.41, 5.74) is 0. The Balaban J connectivity index is 1.33. The summed E-state index contributed by atoms with van der Waals surface area (Å²) in [6.45, 7) is 0. The molecule has 132 valence electrons. The molecule has 3 aromatic heterocycles. The maximum Gasteiger partial charge on any atom is 0.277 e. The average Bonchev–Trinajstić information content (AvgIpc) is 3.32. The van der Waals surface area contributed by atoms with Gasteiger partial charge < -0.3 is 8.94 Å². The third-order valence-corrected chi connectivity index (χ3v) is 7.27. The fourth-order valence-corrected chi connectivity index (χ4v) is 5.73. The lowest BCUT2D eigenvalue weighted by molar-refractivity contribution is 0.383. The first-order valence-corrected chi connectivity index (χ1v) is 11.3. The minimum atomic E-state index is -2.89. The lowest BCUT2D eigenvalue weighted by atomic mass is 10.1. The maximum absolute atomic E-state index is 11.5. The molecule has 0 amide bonds. The first-order valence-electron chi connectivity index (χ1n) is 7.59. The first-order chi connectivity index (χ1) is 12.1. The van der Waals surface area contributed by atoms with Gasteiger partial charge in [-0.25, -0.2) is 8.42 Å². The van der Waals surface area contributed by atoms with Gasteiger partial charge in [0.2, 0.25) is 17.6 Å². The van der Waals surface area contributed by atoms with Gasteiger partial charge in [0.25, 0.3) is 5.22 Å². The van der Waals surface area contributed by atoms with E-state index in [0.717, 1.165) is 4.88 Å². The van der Waals surface area contributed by atoms with Crippen molar-refractivity contribution in [1.82, 2.24) is 20.3 Å². The first kappa shape index (κ1) is 16.7. The lowest BCUT2D eigenvalue weighted by Crippen LogP contribution is -2.07. The van der Waals surface area contributed by atoms with Crippen LogP contribution >= 0.6 is 23.1 Å². The molecule has 4 heterocycles. The summed E-state index contributed by atoms with van der Waals surface area (Å²) in [6, 6.07) is 3.86.